The van der Waals surface area contributed by atoms with Crippen LogP contribution in [0.2, 0.25) is 0 Å². The van der Waals surface area contributed by atoms with Gasteiger partial charge in [0.25, 0.3) is 0 Å². The third-order valence-corrected chi connectivity index (χ3v) is 1.14. The Morgan fingerprint density at radius 1 is 1.75 bits per heavy atom. The van der Waals surface area contributed by atoms with Crippen molar-refractivity contribution in [2.45, 2.75) is 0 Å². The zero-order valence-electron chi connectivity index (χ0n) is 5.18. The topological polar surface area (TPSA) is 9.23 Å². The van der Waals surface area contributed by atoms with E-state index in [4.69, 9.17) is 4.74 Å². The van der Waals surface area contributed by atoms with Crippen LogP contribution in [0.5, 0.6) is 0 Å². The summed E-state index contributed by atoms with van der Waals surface area (Å²) in [5, 5.41) is 1.90. The maximum atomic E-state index is 4.86. The predicted octanol–water partition coefficient (Wildman–Crippen LogP) is 2.02. The van der Waals surface area contributed by atoms with E-state index >= 15 is 0 Å². The van der Waals surface area contributed by atoms with Gasteiger partial charge in [0.2, 0.25) is 0 Å². The monoisotopic (exact) mass is 130 g/mol. The molecule has 0 aromatic heterocycles. The van der Waals surface area contributed by atoms with Crippen molar-refractivity contribution in [1.29, 1.82) is 0 Å². The molecule has 0 unspecified atom stereocenters. The van der Waals surface area contributed by atoms with Crippen molar-refractivity contribution in [2.24, 2.45) is 0 Å². The van der Waals surface area contributed by atoms with Gasteiger partial charge in [0.15, 0.2) is 0 Å². The molecule has 0 heterocycles. The number of methoxy groups -OCH3 is 1. The van der Waals surface area contributed by atoms with Crippen molar-refractivity contribution in [1.82, 2.24) is 0 Å². The molecule has 8 heavy (non-hydrogen) atoms. The van der Waals surface area contributed by atoms with E-state index in [1.54, 1.807) is 24.9 Å². The highest BCUT2D eigenvalue weighted by Crippen LogP contribution is 2.03. The van der Waals surface area contributed by atoms with Gasteiger partial charge in [-0.2, -0.15) is 0 Å². The van der Waals surface area contributed by atoms with E-state index in [1.807, 2.05) is 11.7 Å². The van der Waals surface area contributed by atoms with Gasteiger partial charge in [-0.05, 0) is 12.3 Å². The highest BCUT2D eigenvalue weighted by atomic mass is 32.2. The van der Waals surface area contributed by atoms with Crippen LogP contribution in [-0.2, 0) is 4.74 Å². The maximum Gasteiger partial charge on any atom is 0.124 e. The molecule has 46 valence electrons. The zero-order chi connectivity index (χ0) is 6.41. The molecule has 1 nitrogen and oxygen atoms in total. The lowest BCUT2D eigenvalue weighted by Crippen LogP contribution is -1.76. The summed E-state index contributed by atoms with van der Waals surface area (Å²) in [6.45, 7) is 3.54. The summed E-state index contributed by atoms with van der Waals surface area (Å²) in [4.78, 5) is 0. The van der Waals surface area contributed by atoms with Crippen LogP contribution in [0.25, 0.3) is 0 Å². The van der Waals surface area contributed by atoms with Gasteiger partial charge in [-0.25, -0.2) is 0 Å². The molecule has 0 aromatic carbocycles. The first-order chi connectivity index (χ1) is 3.85. The highest BCUT2D eigenvalue weighted by Gasteiger charge is 1.81. The average Bonchev–Trinajstić information content (AvgIpc) is 1.83. The molecular formula is C6H10OS. The smallest absolute Gasteiger partial charge is 0.124 e. The highest BCUT2D eigenvalue weighted by molar-refractivity contribution is 8.01. The van der Waals surface area contributed by atoms with Crippen LogP contribution < -0.4 is 0 Å². The quantitative estimate of drug-likeness (QED) is 0.427. The molecule has 0 spiro atoms. The third kappa shape index (κ3) is 2.75. The van der Waals surface area contributed by atoms with Crippen LogP contribution in [0, 0.1) is 0 Å². The Labute approximate surface area is 54.4 Å². The Bertz CT molecular complexity index is 96.7. The Morgan fingerprint density at radius 2 is 2.38 bits per heavy atom. The van der Waals surface area contributed by atoms with Gasteiger partial charge in [0.1, 0.15) is 5.76 Å². The van der Waals surface area contributed by atoms with Crippen molar-refractivity contribution in [2.75, 3.05) is 13.4 Å². The van der Waals surface area contributed by atoms with E-state index in [-0.39, 0.29) is 0 Å². The van der Waals surface area contributed by atoms with Crippen molar-refractivity contribution in [3.63, 3.8) is 0 Å². The largest absolute Gasteiger partial charge is 0.496 e. The number of thioether (sulfide) groups is 1. The van der Waals surface area contributed by atoms with E-state index < -0.39 is 0 Å². The molecule has 0 saturated carbocycles. The Balaban J connectivity index is 3.66. The Kier molecular flexibility index (Phi) is 4.56. The van der Waals surface area contributed by atoms with Crippen LogP contribution in [0.3, 0.4) is 0 Å². The molecule has 0 rings (SSSR count). The van der Waals surface area contributed by atoms with Gasteiger partial charge in [-0.15, -0.1) is 11.8 Å². The van der Waals surface area contributed by atoms with E-state index in [1.165, 1.54) is 0 Å². The van der Waals surface area contributed by atoms with Crippen LogP contribution in [0.15, 0.2) is 23.8 Å². The van der Waals surface area contributed by atoms with Crippen LogP contribution in [0.1, 0.15) is 0 Å². The summed E-state index contributed by atoms with van der Waals surface area (Å²) in [5.41, 5.74) is 0. The fraction of sp³-hybridized carbons (Fsp3) is 0.333. The fourth-order valence-electron chi connectivity index (χ4n) is 0.296. The first-order valence-electron chi connectivity index (χ1n) is 2.24. The summed E-state index contributed by atoms with van der Waals surface area (Å²) in [6, 6.07) is 0. The lowest BCUT2D eigenvalue weighted by Gasteiger charge is -1.95. The molecule has 0 atom stereocenters. The molecule has 0 aliphatic heterocycles. The lowest BCUT2D eigenvalue weighted by molar-refractivity contribution is 0.308. The summed E-state index contributed by atoms with van der Waals surface area (Å²) in [5.74, 6) is 0.817. The lowest BCUT2D eigenvalue weighted by atomic mass is 10.6. The van der Waals surface area contributed by atoms with Gasteiger partial charge < -0.3 is 4.74 Å². The second kappa shape index (κ2) is 4.78. The van der Waals surface area contributed by atoms with Crippen LogP contribution in [0.4, 0.5) is 0 Å². The van der Waals surface area contributed by atoms with Gasteiger partial charge >= 0.3 is 0 Å². The number of allylic oxidation sites excluding steroid dienone is 1. The minimum Gasteiger partial charge on any atom is -0.496 e. The summed E-state index contributed by atoms with van der Waals surface area (Å²) >= 11 is 1.60. The molecule has 0 amide bonds. The number of ether oxygens (including phenoxy) is 1. The minimum absolute atomic E-state index is 0.817. The maximum absolute atomic E-state index is 4.86. The Morgan fingerprint density at radius 3 is 2.50 bits per heavy atom. The number of hydrogen-bond donors (Lipinski definition) is 0. The van der Waals surface area contributed by atoms with E-state index in [0.717, 1.165) is 5.76 Å². The number of rotatable bonds is 3. The van der Waals surface area contributed by atoms with Crippen LogP contribution in [-0.4, -0.2) is 13.4 Å². The minimum atomic E-state index is 0.817. The molecule has 2 heteroatoms. The van der Waals surface area contributed by atoms with Gasteiger partial charge in [-0.3, -0.25) is 0 Å². The standard InChI is InChI=1S/C6H10OS/c1-4-6(7-2)5-8-3/h4-5H,1H2,2-3H3/b6-5+. The summed E-state index contributed by atoms with van der Waals surface area (Å²) in [7, 11) is 1.63. The molecule has 0 aromatic rings. The second-order valence-corrected chi connectivity index (χ2v) is 1.87. The molecule has 0 fully saturated rings. The first kappa shape index (κ1) is 7.63. The third-order valence-electron chi connectivity index (χ3n) is 0.671. The summed E-state index contributed by atoms with van der Waals surface area (Å²) in [6.07, 6.45) is 3.65. The van der Waals surface area contributed by atoms with E-state index in [0.29, 0.717) is 0 Å². The summed E-state index contributed by atoms with van der Waals surface area (Å²) < 4.78 is 4.86. The predicted molar refractivity (Wildman–Crippen MR) is 38.8 cm³/mol. The van der Waals surface area contributed by atoms with Crippen molar-refractivity contribution < 1.29 is 4.74 Å². The van der Waals surface area contributed by atoms with Crippen LogP contribution >= 0.6 is 11.8 Å². The van der Waals surface area contributed by atoms with E-state index in [9.17, 15) is 0 Å². The van der Waals surface area contributed by atoms with Gasteiger partial charge in [0, 0.05) is 5.41 Å². The molecule has 0 bridgehead atoms. The molecule has 0 aliphatic carbocycles. The van der Waals surface area contributed by atoms with Crippen molar-refractivity contribution >= 4 is 11.8 Å². The first-order valence-corrected chi connectivity index (χ1v) is 3.53. The molecule has 0 aliphatic rings. The molecule has 0 saturated heterocycles. The SMILES string of the molecule is C=C/C(=C\SC)OC. The molecule has 0 radical (unpaired) electrons. The second-order valence-electron chi connectivity index (χ2n) is 1.16. The molecule has 0 N–H and O–H groups in total. The van der Waals surface area contributed by atoms with Crippen molar-refractivity contribution in [3.8, 4) is 0 Å². The normalized spacial score (nSPS) is 11.0. The van der Waals surface area contributed by atoms with Gasteiger partial charge in [-0.1, -0.05) is 6.58 Å². The number of hydrogen-bond acceptors (Lipinski definition) is 2. The fourth-order valence-corrected chi connectivity index (χ4v) is 0.720. The van der Waals surface area contributed by atoms with E-state index in [2.05, 4.69) is 6.58 Å². The van der Waals surface area contributed by atoms with Gasteiger partial charge in [0.05, 0.1) is 7.11 Å². The van der Waals surface area contributed by atoms with Crippen molar-refractivity contribution in [3.05, 3.63) is 23.8 Å². The zero-order valence-corrected chi connectivity index (χ0v) is 5.99. The molecular weight excluding hydrogens is 120 g/mol. The average molecular weight is 130 g/mol. The Hall–Kier alpha value is -0.370.